The Kier molecular flexibility index (Phi) is 6.44. The van der Waals surface area contributed by atoms with Crippen LogP contribution in [-0.4, -0.2) is 29.6 Å². The second kappa shape index (κ2) is 8.56. The Hall–Kier alpha value is -2.04. The van der Waals surface area contributed by atoms with Gasteiger partial charge in [0.05, 0.1) is 12.5 Å². The number of carboxylic acid groups (broad SMARTS) is 1. The molecule has 0 spiro atoms. The van der Waals surface area contributed by atoms with Crippen LogP contribution in [0.3, 0.4) is 0 Å². The van der Waals surface area contributed by atoms with Crippen molar-refractivity contribution >= 4 is 11.9 Å². The summed E-state index contributed by atoms with van der Waals surface area (Å²) in [4.78, 5) is 23.9. The van der Waals surface area contributed by atoms with Gasteiger partial charge in [0.25, 0.3) is 5.91 Å². The summed E-state index contributed by atoms with van der Waals surface area (Å²) >= 11 is 0. The molecule has 0 bridgehead atoms. The van der Waals surface area contributed by atoms with Crippen molar-refractivity contribution in [2.75, 3.05) is 6.61 Å². The van der Waals surface area contributed by atoms with Crippen LogP contribution < -0.4 is 10.1 Å². The zero-order chi connectivity index (χ0) is 16.7. The highest BCUT2D eigenvalue weighted by Gasteiger charge is 2.30. The molecule has 5 heteroatoms. The fraction of sp³-hybridized carbons (Fsp3) is 0.556. The molecule has 1 aromatic rings. The molecule has 1 saturated carbocycles. The van der Waals surface area contributed by atoms with Gasteiger partial charge in [-0.2, -0.15) is 0 Å². The molecule has 23 heavy (non-hydrogen) atoms. The summed E-state index contributed by atoms with van der Waals surface area (Å²) in [6.07, 6.45) is 5.39. The van der Waals surface area contributed by atoms with Crippen molar-refractivity contribution < 1.29 is 19.4 Å². The van der Waals surface area contributed by atoms with E-state index in [0.29, 0.717) is 18.6 Å². The Bertz CT molecular complexity index is 526. The maximum Gasteiger partial charge on any atom is 0.308 e. The lowest BCUT2D eigenvalue weighted by atomic mass is 9.86. The minimum absolute atomic E-state index is 0.218. The van der Waals surface area contributed by atoms with Crippen LogP contribution in [-0.2, 0) is 4.79 Å². The van der Waals surface area contributed by atoms with Crippen LogP contribution in [0.5, 0.6) is 5.75 Å². The predicted molar refractivity (Wildman–Crippen MR) is 87.7 cm³/mol. The average Bonchev–Trinajstić information content (AvgIpc) is 2.50. The monoisotopic (exact) mass is 319 g/mol. The van der Waals surface area contributed by atoms with Crippen molar-refractivity contribution in [2.45, 2.75) is 51.5 Å². The van der Waals surface area contributed by atoms with Crippen LogP contribution in [0.1, 0.15) is 55.8 Å². The third-order valence-corrected chi connectivity index (χ3v) is 4.33. The summed E-state index contributed by atoms with van der Waals surface area (Å²) in [5.74, 6) is -0.811. The SMILES string of the molecule is CCOc1ccc(C(=O)NC2CCCCCCC2C(=O)O)cc1. The molecular weight excluding hydrogens is 294 g/mol. The lowest BCUT2D eigenvalue weighted by Crippen LogP contribution is -2.43. The lowest BCUT2D eigenvalue weighted by Gasteiger charge is -2.27. The number of carbonyl (C=O) groups excluding carboxylic acids is 1. The zero-order valence-corrected chi connectivity index (χ0v) is 13.6. The van der Waals surface area contributed by atoms with Crippen LogP contribution >= 0.6 is 0 Å². The van der Waals surface area contributed by atoms with Crippen LogP contribution in [0.4, 0.5) is 0 Å². The van der Waals surface area contributed by atoms with E-state index in [1.807, 2.05) is 6.92 Å². The van der Waals surface area contributed by atoms with Gasteiger partial charge in [0.1, 0.15) is 5.75 Å². The molecule has 0 saturated heterocycles. The highest BCUT2D eigenvalue weighted by Crippen LogP contribution is 2.23. The number of benzene rings is 1. The lowest BCUT2D eigenvalue weighted by molar-refractivity contribution is -0.143. The predicted octanol–water partition coefficient (Wildman–Crippen LogP) is 3.24. The summed E-state index contributed by atoms with van der Waals surface area (Å²) in [5, 5.41) is 12.4. The number of carboxylic acids is 1. The molecule has 2 rings (SSSR count). The van der Waals surface area contributed by atoms with Crippen molar-refractivity contribution in [3.63, 3.8) is 0 Å². The van der Waals surface area contributed by atoms with Crippen LogP contribution in [0.2, 0.25) is 0 Å². The largest absolute Gasteiger partial charge is 0.494 e. The van der Waals surface area contributed by atoms with Crippen LogP contribution in [0, 0.1) is 5.92 Å². The number of rotatable bonds is 5. The quantitative estimate of drug-likeness (QED) is 0.873. The van der Waals surface area contributed by atoms with Gasteiger partial charge in [0, 0.05) is 11.6 Å². The molecule has 2 atom stereocenters. The smallest absolute Gasteiger partial charge is 0.308 e. The standard InChI is InChI=1S/C18H25NO4/c1-2-23-14-11-9-13(10-12-14)17(20)19-16-8-6-4-3-5-7-15(16)18(21)22/h9-12,15-16H,2-8H2,1H3,(H,19,20)(H,21,22). The molecule has 2 unspecified atom stereocenters. The Morgan fingerprint density at radius 3 is 2.39 bits per heavy atom. The van der Waals surface area contributed by atoms with Gasteiger partial charge in [0.2, 0.25) is 0 Å². The van der Waals surface area contributed by atoms with Gasteiger partial charge in [-0.15, -0.1) is 0 Å². The van der Waals surface area contributed by atoms with Crippen molar-refractivity contribution in [3.05, 3.63) is 29.8 Å². The van der Waals surface area contributed by atoms with Gasteiger partial charge in [-0.25, -0.2) is 0 Å². The van der Waals surface area contributed by atoms with E-state index in [2.05, 4.69) is 5.32 Å². The molecule has 1 aliphatic carbocycles. The first kappa shape index (κ1) is 17.3. The number of nitrogens with one attached hydrogen (secondary N) is 1. The van der Waals surface area contributed by atoms with Gasteiger partial charge in [-0.3, -0.25) is 9.59 Å². The van der Waals surface area contributed by atoms with Gasteiger partial charge in [-0.05, 0) is 44.0 Å². The summed E-state index contributed by atoms with van der Waals surface area (Å²) < 4.78 is 5.36. The van der Waals surface area contributed by atoms with E-state index in [0.717, 1.165) is 37.9 Å². The van der Waals surface area contributed by atoms with Gasteiger partial charge < -0.3 is 15.2 Å². The third kappa shape index (κ3) is 4.98. The molecule has 5 nitrogen and oxygen atoms in total. The molecule has 2 N–H and O–H groups in total. The van der Waals surface area contributed by atoms with Gasteiger partial charge in [-0.1, -0.05) is 25.7 Å². The number of carbonyl (C=O) groups is 2. The first-order chi connectivity index (χ1) is 11.1. The normalized spacial score (nSPS) is 21.8. The molecule has 1 aliphatic rings. The first-order valence-electron chi connectivity index (χ1n) is 8.38. The topological polar surface area (TPSA) is 75.6 Å². The number of amides is 1. The van der Waals surface area contributed by atoms with Gasteiger partial charge in [0.15, 0.2) is 0 Å². The van der Waals surface area contributed by atoms with Crippen molar-refractivity contribution in [1.82, 2.24) is 5.32 Å². The third-order valence-electron chi connectivity index (χ3n) is 4.33. The van der Waals surface area contributed by atoms with E-state index in [-0.39, 0.29) is 11.9 Å². The molecule has 1 aromatic carbocycles. The molecule has 1 amide bonds. The summed E-state index contributed by atoms with van der Waals surface area (Å²) in [6.45, 7) is 2.48. The molecule has 1 fully saturated rings. The molecule has 0 heterocycles. The number of hydrogen-bond donors (Lipinski definition) is 2. The molecule has 0 radical (unpaired) electrons. The van der Waals surface area contributed by atoms with Crippen molar-refractivity contribution in [2.24, 2.45) is 5.92 Å². The molecule has 0 aromatic heterocycles. The van der Waals surface area contributed by atoms with E-state index in [4.69, 9.17) is 4.74 Å². The van der Waals surface area contributed by atoms with E-state index in [1.54, 1.807) is 24.3 Å². The summed E-state index contributed by atoms with van der Waals surface area (Å²) in [7, 11) is 0. The number of aliphatic carboxylic acids is 1. The Morgan fingerprint density at radius 1 is 1.13 bits per heavy atom. The average molecular weight is 319 g/mol. The maximum absolute atomic E-state index is 12.4. The van der Waals surface area contributed by atoms with E-state index >= 15 is 0 Å². The summed E-state index contributed by atoms with van der Waals surface area (Å²) in [5.41, 5.74) is 0.527. The second-order valence-corrected chi connectivity index (χ2v) is 5.97. The maximum atomic E-state index is 12.4. The first-order valence-corrected chi connectivity index (χ1v) is 8.38. The molecular formula is C18H25NO4. The van der Waals surface area contributed by atoms with E-state index in [9.17, 15) is 14.7 Å². The minimum Gasteiger partial charge on any atom is -0.494 e. The minimum atomic E-state index is -0.816. The second-order valence-electron chi connectivity index (χ2n) is 5.97. The highest BCUT2D eigenvalue weighted by atomic mass is 16.5. The van der Waals surface area contributed by atoms with Crippen LogP contribution in [0.25, 0.3) is 0 Å². The van der Waals surface area contributed by atoms with E-state index in [1.165, 1.54) is 0 Å². The molecule has 126 valence electrons. The van der Waals surface area contributed by atoms with E-state index < -0.39 is 11.9 Å². The summed E-state index contributed by atoms with van der Waals surface area (Å²) in [6, 6.07) is 6.63. The number of hydrogen-bond acceptors (Lipinski definition) is 3. The van der Waals surface area contributed by atoms with Crippen LogP contribution in [0.15, 0.2) is 24.3 Å². The van der Waals surface area contributed by atoms with Crippen molar-refractivity contribution in [3.8, 4) is 5.75 Å². The Morgan fingerprint density at radius 2 is 1.78 bits per heavy atom. The highest BCUT2D eigenvalue weighted by molar-refractivity contribution is 5.94. The Balaban J connectivity index is 2.04. The fourth-order valence-corrected chi connectivity index (χ4v) is 3.07. The fourth-order valence-electron chi connectivity index (χ4n) is 3.07. The number of ether oxygens (including phenoxy) is 1. The Labute approximate surface area is 137 Å². The molecule has 0 aliphatic heterocycles. The zero-order valence-electron chi connectivity index (χ0n) is 13.6. The van der Waals surface area contributed by atoms with Gasteiger partial charge >= 0.3 is 5.97 Å². The van der Waals surface area contributed by atoms with Crippen molar-refractivity contribution in [1.29, 1.82) is 0 Å².